The van der Waals surface area contributed by atoms with Crippen molar-refractivity contribution >= 4 is 48.1 Å². The zero-order valence-corrected chi connectivity index (χ0v) is 18.9. The summed E-state index contributed by atoms with van der Waals surface area (Å²) in [7, 11) is 0. The third kappa shape index (κ3) is 9.86. The lowest BCUT2D eigenvalue weighted by Crippen LogP contribution is -2.58. The molecule has 188 valence electrons. The molecule has 0 spiro atoms. The number of hydrogen-bond donors (Lipinski definition) is 9. The number of aliphatic carboxylic acids is 1. The van der Waals surface area contributed by atoms with Crippen LogP contribution in [0.3, 0.4) is 0 Å². The lowest BCUT2D eigenvalue weighted by atomic mass is 10.1. The number of nitrogens with two attached hydrogens (primary N) is 3. The van der Waals surface area contributed by atoms with Gasteiger partial charge in [-0.05, 0) is 6.42 Å². The topological polar surface area (TPSA) is 265 Å². The molecular weight excluding hydrogens is 472 g/mol. The predicted octanol–water partition coefficient (Wildman–Crippen LogP) is -4.11. The first-order valence-electron chi connectivity index (χ1n) is 9.98. The zero-order chi connectivity index (χ0) is 25.8. The summed E-state index contributed by atoms with van der Waals surface area (Å²) in [4.78, 5) is 77.6. The number of primary amides is 2. The quantitative estimate of drug-likeness (QED) is 0.106. The molecule has 1 aromatic rings. The van der Waals surface area contributed by atoms with Gasteiger partial charge in [-0.1, -0.05) is 0 Å². The molecule has 0 bridgehead atoms. The number of nitrogens with one attached hydrogen (secondary N) is 4. The van der Waals surface area contributed by atoms with Crippen molar-refractivity contribution in [3.63, 3.8) is 0 Å². The fourth-order valence-electron chi connectivity index (χ4n) is 2.70. The molecule has 15 nitrogen and oxygen atoms in total. The molecule has 0 fully saturated rings. The van der Waals surface area contributed by atoms with E-state index in [1.807, 2.05) is 0 Å². The van der Waals surface area contributed by atoms with Crippen LogP contribution in [0.25, 0.3) is 0 Å². The van der Waals surface area contributed by atoms with Crippen molar-refractivity contribution in [1.82, 2.24) is 25.9 Å². The molecule has 11 N–H and O–H groups in total. The molecule has 0 saturated heterocycles. The minimum atomic E-state index is -1.34. The Bertz CT molecular complexity index is 895. The zero-order valence-electron chi connectivity index (χ0n) is 18.0. The highest BCUT2D eigenvalue weighted by Crippen LogP contribution is 2.03. The number of carbonyl (C=O) groups excluding carboxylic acids is 5. The highest BCUT2D eigenvalue weighted by Gasteiger charge is 2.30. The number of carbonyl (C=O) groups is 6. The maximum Gasteiger partial charge on any atom is 0.326 e. The monoisotopic (exact) mass is 500 g/mol. The lowest BCUT2D eigenvalue weighted by molar-refractivity contribution is -0.142. The molecular formula is C18H28N8O7S. The molecule has 0 aliphatic heterocycles. The van der Waals surface area contributed by atoms with Crippen molar-refractivity contribution in [2.75, 3.05) is 5.75 Å². The number of hydrogen-bond acceptors (Lipinski definition) is 9. The first-order chi connectivity index (χ1) is 15.9. The number of carboxylic acids is 1. The Morgan fingerprint density at radius 2 is 1.56 bits per heavy atom. The summed E-state index contributed by atoms with van der Waals surface area (Å²) in [6, 6.07) is -5.30. The summed E-state index contributed by atoms with van der Waals surface area (Å²) < 4.78 is 0. The Kier molecular flexibility index (Phi) is 11.5. The van der Waals surface area contributed by atoms with E-state index in [1.165, 1.54) is 12.5 Å². The van der Waals surface area contributed by atoms with Crippen LogP contribution in [-0.2, 0) is 35.2 Å². The highest BCUT2D eigenvalue weighted by molar-refractivity contribution is 7.80. The smallest absolute Gasteiger partial charge is 0.326 e. The highest BCUT2D eigenvalue weighted by atomic mass is 32.1. The first kappa shape index (κ1) is 28.4. The van der Waals surface area contributed by atoms with E-state index in [0.29, 0.717) is 5.69 Å². The van der Waals surface area contributed by atoms with Crippen molar-refractivity contribution in [2.24, 2.45) is 17.2 Å². The number of carboxylic acid groups (broad SMARTS) is 1. The van der Waals surface area contributed by atoms with Crippen LogP contribution in [0.15, 0.2) is 12.5 Å². The minimum Gasteiger partial charge on any atom is -0.480 e. The predicted molar refractivity (Wildman–Crippen MR) is 120 cm³/mol. The molecule has 16 heteroatoms. The molecule has 0 radical (unpaired) electrons. The summed E-state index contributed by atoms with van der Waals surface area (Å²) in [5.74, 6) is -5.74. The molecule has 0 aliphatic rings. The van der Waals surface area contributed by atoms with Gasteiger partial charge in [0.15, 0.2) is 0 Å². The minimum absolute atomic E-state index is 0.0939. The van der Waals surface area contributed by atoms with E-state index < -0.39 is 66.1 Å². The molecule has 4 unspecified atom stereocenters. The van der Waals surface area contributed by atoms with E-state index in [2.05, 4.69) is 38.5 Å². The number of H-pyrrole nitrogens is 1. The van der Waals surface area contributed by atoms with Gasteiger partial charge >= 0.3 is 5.97 Å². The van der Waals surface area contributed by atoms with Crippen LogP contribution >= 0.6 is 12.6 Å². The molecule has 1 rings (SSSR count). The third-order valence-corrected chi connectivity index (χ3v) is 4.84. The Morgan fingerprint density at radius 1 is 0.971 bits per heavy atom. The first-order valence-corrected chi connectivity index (χ1v) is 10.6. The van der Waals surface area contributed by atoms with Gasteiger partial charge in [0.05, 0.1) is 18.8 Å². The van der Waals surface area contributed by atoms with Gasteiger partial charge in [-0.15, -0.1) is 0 Å². The third-order valence-electron chi connectivity index (χ3n) is 4.48. The normalized spacial score (nSPS) is 14.2. The largest absolute Gasteiger partial charge is 0.480 e. The van der Waals surface area contributed by atoms with Crippen LogP contribution < -0.4 is 33.2 Å². The van der Waals surface area contributed by atoms with Crippen molar-refractivity contribution in [2.45, 2.75) is 49.9 Å². The molecule has 34 heavy (non-hydrogen) atoms. The number of imidazole rings is 1. The molecule has 1 heterocycles. The van der Waals surface area contributed by atoms with Crippen LogP contribution in [0.4, 0.5) is 0 Å². The Morgan fingerprint density at radius 3 is 2.06 bits per heavy atom. The summed E-state index contributed by atoms with van der Waals surface area (Å²) in [6.45, 7) is 0. The second kappa shape index (κ2) is 13.8. The maximum atomic E-state index is 12.7. The number of aromatic amines is 1. The summed E-state index contributed by atoms with van der Waals surface area (Å²) in [5.41, 5.74) is 16.1. The van der Waals surface area contributed by atoms with E-state index in [4.69, 9.17) is 17.2 Å². The van der Waals surface area contributed by atoms with Gasteiger partial charge in [0.2, 0.25) is 29.5 Å². The van der Waals surface area contributed by atoms with Gasteiger partial charge in [-0.2, -0.15) is 12.6 Å². The van der Waals surface area contributed by atoms with Crippen LogP contribution in [0.2, 0.25) is 0 Å². The van der Waals surface area contributed by atoms with Gasteiger partial charge in [0.25, 0.3) is 0 Å². The van der Waals surface area contributed by atoms with E-state index in [1.54, 1.807) is 0 Å². The van der Waals surface area contributed by atoms with Crippen molar-refractivity contribution in [3.8, 4) is 0 Å². The van der Waals surface area contributed by atoms with Crippen LogP contribution in [0, 0.1) is 0 Å². The number of nitrogens with zero attached hydrogens (tertiary/aromatic N) is 1. The van der Waals surface area contributed by atoms with E-state index in [-0.39, 0.29) is 25.0 Å². The van der Waals surface area contributed by atoms with Crippen LogP contribution in [-0.4, -0.2) is 80.5 Å². The average molecular weight is 501 g/mol. The number of thiol groups is 1. The number of aromatic nitrogens is 2. The van der Waals surface area contributed by atoms with Crippen LogP contribution in [0.1, 0.15) is 25.0 Å². The van der Waals surface area contributed by atoms with Crippen LogP contribution in [0.5, 0.6) is 0 Å². The fraction of sp³-hybridized carbons (Fsp3) is 0.500. The van der Waals surface area contributed by atoms with Gasteiger partial charge < -0.3 is 43.2 Å². The van der Waals surface area contributed by atoms with Crippen molar-refractivity contribution in [3.05, 3.63) is 18.2 Å². The molecule has 4 atom stereocenters. The van der Waals surface area contributed by atoms with Crippen molar-refractivity contribution < 1.29 is 33.9 Å². The molecule has 0 saturated carbocycles. The van der Waals surface area contributed by atoms with Gasteiger partial charge in [-0.25, -0.2) is 9.78 Å². The van der Waals surface area contributed by atoms with Gasteiger partial charge in [0, 0.05) is 30.5 Å². The fourth-order valence-corrected chi connectivity index (χ4v) is 2.96. The Balaban J connectivity index is 2.87. The maximum absolute atomic E-state index is 12.7. The van der Waals surface area contributed by atoms with Crippen molar-refractivity contribution in [1.29, 1.82) is 0 Å². The molecule has 0 aromatic carbocycles. The average Bonchev–Trinajstić information content (AvgIpc) is 3.26. The summed E-state index contributed by atoms with van der Waals surface area (Å²) in [5, 5.41) is 16.3. The molecule has 1 aromatic heterocycles. The van der Waals surface area contributed by atoms with E-state index in [9.17, 15) is 33.9 Å². The standard InChI is InChI=1S/C18H28N8O7S/c19-9(4-14(21)28)15(29)24-10(1-2-13(20)27)16(30)26-12(6-34)17(31)25-11(18(32)33)3-8-5-22-7-23-8/h5,7,9-12,34H,1-4,6,19H2,(H2,20,27)(H2,21,28)(H,22,23)(H,24,29)(H,25,31)(H,26,30)(H,32,33). The lowest BCUT2D eigenvalue weighted by Gasteiger charge is -2.24. The summed E-state index contributed by atoms with van der Waals surface area (Å²) in [6.07, 6.45) is 1.66. The number of rotatable bonds is 15. The second-order valence-corrected chi connectivity index (χ2v) is 7.63. The Labute approximate surface area is 199 Å². The summed E-state index contributed by atoms with van der Waals surface area (Å²) >= 11 is 4.01. The van der Waals surface area contributed by atoms with Gasteiger partial charge in [-0.3, -0.25) is 24.0 Å². The SMILES string of the molecule is NC(=O)CCC(NC(=O)C(N)CC(N)=O)C(=O)NC(CS)C(=O)NC(Cc1cnc[nH]1)C(=O)O. The Hall–Kier alpha value is -3.66. The second-order valence-electron chi connectivity index (χ2n) is 7.27. The molecule has 5 amide bonds. The van der Waals surface area contributed by atoms with Gasteiger partial charge in [0.1, 0.15) is 18.1 Å². The number of amides is 5. The molecule has 0 aliphatic carbocycles. The van der Waals surface area contributed by atoms with E-state index >= 15 is 0 Å². The van der Waals surface area contributed by atoms with E-state index in [0.717, 1.165) is 0 Å².